The van der Waals surface area contributed by atoms with Gasteiger partial charge in [0, 0.05) is 19.2 Å². The minimum absolute atomic E-state index is 0.0845. The number of fused-ring (bicyclic) bond motifs is 1. The van der Waals surface area contributed by atoms with Crippen molar-refractivity contribution < 1.29 is 10.2 Å². The maximum Gasteiger partial charge on any atom is 0.0711 e. The van der Waals surface area contributed by atoms with Crippen LogP contribution in [0.1, 0.15) is 19.3 Å². The zero-order chi connectivity index (χ0) is 7.84. The monoisotopic (exact) mass is 157 g/mol. The quantitative estimate of drug-likeness (QED) is 0.547. The third kappa shape index (κ3) is 1.17. The Morgan fingerprint density at radius 3 is 2.73 bits per heavy atom. The van der Waals surface area contributed by atoms with Crippen molar-refractivity contribution in [2.45, 2.75) is 37.5 Å². The molecule has 3 nitrogen and oxygen atoms in total. The highest BCUT2D eigenvalue weighted by molar-refractivity contribution is 5.10. The second-order valence-corrected chi connectivity index (χ2v) is 3.52. The van der Waals surface area contributed by atoms with Gasteiger partial charge in [-0.05, 0) is 19.3 Å². The average Bonchev–Trinajstić information content (AvgIpc) is 2.58. The standard InChI is InChI=1S/C8H15NO2/c10-5-1-4-9-6-2-3-7(11)8(6)9/h6-8,10-11H,1-5H2/t6-,7-,8-,9?/m1/s1. The predicted molar refractivity (Wildman–Crippen MR) is 41.2 cm³/mol. The summed E-state index contributed by atoms with van der Waals surface area (Å²) in [7, 11) is 0. The Bertz CT molecular complexity index is 151. The van der Waals surface area contributed by atoms with Crippen LogP contribution in [-0.4, -0.2) is 46.5 Å². The van der Waals surface area contributed by atoms with Crippen LogP contribution >= 0.6 is 0 Å². The van der Waals surface area contributed by atoms with Crippen LogP contribution in [0.4, 0.5) is 0 Å². The molecule has 1 unspecified atom stereocenters. The van der Waals surface area contributed by atoms with Crippen molar-refractivity contribution in [3.05, 3.63) is 0 Å². The molecule has 0 bridgehead atoms. The molecule has 1 aliphatic heterocycles. The number of hydrogen-bond donors (Lipinski definition) is 2. The van der Waals surface area contributed by atoms with Gasteiger partial charge in [0.2, 0.25) is 0 Å². The third-order valence-corrected chi connectivity index (χ3v) is 2.84. The summed E-state index contributed by atoms with van der Waals surface area (Å²) >= 11 is 0. The van der Waals surface area contributed by atoms with Gasteiger partial charge in [0.25, 0.3) is 0 Å². The van der Waals surface area contributed by atoms with E-state index in [-0.39, 0.29) is 12.7 Å². The first-order chi connectivity index (χ1) is 5.34. The van der Waals surface area contributed by atoms with Gasteiger partial charge in [0.05, 0.1) is 12.1 Å². The Morgan fingerprint density at radius 2 is 2.18 bits per heavy atom. The number of likely N-dealkylation sites (tertiary alicyclic amines) is 1. The maximum atomic E-state index is 9.40. The highest BCUT2D eigenvalue weighted by atomic mass is 16.3. The van der Waals surface area contributed by atoms with Gasteiger partial charge < -0.3 is 10.2 Å². The minimum Gasteiger partial charge on any atom is -0.396 e. The van der Waals surface area contributed by atoms with Gasteiger partial charge in [-0.25, -0.2) is 0 Å². The smallest absolute Gasteiger partial charge is 0.0711 e. The first-order valence-corrected chi connectivity index (χ1v) is 4.39. The molecule has 2 rings (SSSR count). The lowest BCUT2D eigenvalue weighted by Gasteiger charge is -2.09. The van der Waals surface area contributed by atoms with Crippen LogP contribution in [0.15, 0.2) is 0 Å². The molecular weight excluding hydrogens is 142 g/mol. The van der Waals surface area contributed by atoms with E-state index >= 15 is 0 Å². The van der Waals surface area contributed by atoms with Crippen molar-refractivity contribution in [2.75, 3.05) is 13.2 Å². The summed E-state index contributed by atoms with van der Waals surface area (Å²) in [6, 6.07) is 1.10. The molecule has 1 heterocycles. The molecule has 2 aliphatic rings. The topological polar surface area (TPSA) is 43.5 Å². The van der Waals surface area contributed by atoms with Crippen LogP contribution in [-0.2, 0) is 0 Å². The van der Waals surface area contributed by atoms with E-state index in [1.54, 1.807) is 0 Å². The second kappa shape index (κ2) is 2.73. The van der Waals surface area contributed by atoms with Gasteiger partial charge in [-0.2, -0.15) is 0 Å². The zero-order valence-electron chi connectivity index (χ0n) is 6.61. The van der Waals surface area contributed by atoms with E-state index in [0.29, 0.717) is 12.1 Å². The van der Waals surface area contributed by atoms with Crippen molar-refractivity contribution in [3.63, 3.8) is 0 Å². The van der Waals surface area contributed by atoms with Crippen LogP contribution in [0.25, 0.3) is 0 Å². The summed E-state index contributed by atoms with van der Waals surface area (Å²) < 4.78 is 0. The molecule has 0 aromatic carbocycles. The van der Waals surface area contributed by atoms with E-state index in [9.17, 15) is 5.11 Å². The number of hydrogen-bond acceptors (Lipinski definition) is 3. The van der Waals surface area contributed by atoms with E-state index in [2.05, 4.69) is 4.90 Å². The molecule has 64 valence electrons. The Labute approximate surface area is 66.6 Å². The maximum absolute atomic E-state index is 9.40. The third-order valence-electron chi connectivity index (χ3n) is 2.84. The summed E-state index contributed by atoms with van der Waals surface area (Å²) in [4.78, 5) is 2.30. The van der Waals surface area contributed by atoms with Gasteiger partial charge in [0.15, 0.2) is 0 Å². The highest BCUT2D eigenvalue weighted by Crippen LogP contribution is 2.42. The lowest BCUT2D eigenvalue weighted by Crippen LogP contribution is -2.19. The van der Waals surface area contributed by atoms with E-state index in [0.717, 1.165) is 25.8 Å². The second-order valence-electron chi connectivity index (χ2n) is 3.52. The lowest BCUT2D eigenvalue weighted by molar-refractivity contribution is 0.147. The van der Waals surface area contributed by atoms with E-state index in [1.165, 1.54) is 0 Å². The average molecular weight is 157 g/mol. The van der Waals surface area contributed by atoms with E-state index in [1.807, 2.05) is 0 Å². The van der Waals surface area contributed by atoms with E-state index < -0.39 is 0 Å². The van der Waals surface area contributed by atoms with Crippen LogP contribution in [0.2, 0.25) is 0 Å². The number of rotatable bonds is 3. The molecule has 2 fully saturated rings. The normalized spacial score (nSPS) is 47.5. The molecule has 3 heteroatoms. The van der Waals surface area contributed by atoms with Crippen LogP contribution in [0, 0.1) is 0 Å². The fourth-order valence-corrected chi connectivity index (χ4v) is 2.25. The largest absolute Gasteiger partial charge is 0.396 e. The summed E-state index contributed by atoms with van der Waals surface area (Å²) in [6.07, 6.45) is 2.89. The molecule has 11 heavy (non-hydrogen) atoms. The molecule has 4 atom stereocenters. The molecule has 1 saturated heterocycles. The summed E-state index contributed by atoms with van der Waals surface area (Å²) in [6.45, 7) is 1.23. The molecule has 2 N–H and O–H groups in total. The zero-order valence-corrected chi connectivity index (χ0v) is 6.61. The van der Waals surface area contributed by atoms with Crippen molar-refractivity contribution in [3.8, 4) is 0 Å². The molecule has 0 spiro atoms. The van der Waals surface area contributed by atoms with Crippen LogP contribution in [0.3, 0.4) is 0 Å². The summed E-state index contributed by atoms with van der Waals surface area (Å²) in [5, 5.41) is 18.0. The number of nitrogens with zero attached hydrogens (tertiary/aromatic N) is 1. The SMILES string of the molecule is OCCCN1[C@H]2[C@H](O)CC[C@H]21. The van der Waals surface area contributed by atoms with Crippen molar-refractivity contribution in [2.24, 2.45) is 0 Å². The number of aliphatic hydroxyl groups is 2. The fraction of sp³-hybridized carbons (Fsp3) is 1.00. The fourth-order valence-electron chi connectivity index (χ4n) is 2.25. The van der Waals surface area contributed by atoms with Crippen molar-refractivity contribution in [1.82, 2.24) is 4.90 Å². The first kappa shape index (κ1) is 7.53. The molecule has 0 amide bonds. The van der Waals surface area contributed by atoms with E-state index in [4.69, 9.17) is 5.11 Å². The van der Waals surface area contributed by atoms with Crippen LogP contribution < -0.4 is 0 Å². The number of aliphatic hydroxyl groups excluding tert-OH is 2. The van der Waals surface area contributed by atoms with Gasteiger partial charge in [-0.3, -0.25) is 4.90 Å². The Morgan fingerprint density at radius 1 is 1.36 bits per heavy atom. The van der Waals surface area contributed by atoms with Crippen LogP contribution in [0.5, 0.6) is 0 Å². The molecule has 1 saturated carbocycles. The predicted octanol–water partition coefficient (Wildman–Crippen LogP) is -0.424. The Balaban J connectivity index is 1.76. The van der Waals surface area contributed by atoms with Gasteiger partial charge in [-0.1, -0.05) is 0 Å². The summed E-state index contributed by atoms with van der Waals surface area (Å²) in [5.41, 5.74) is 0. The first-order valence-electron chi connectivity index (χ1n) is 4.39. The molecular formula is C8H15NO2. The van der Waals surface area contributed by atoms with Gasteiger partial charge in [0.1, 0.15) is 0 Å². The number of piperidine rings is 1. The highest BCUT2D eigenvalue weighted by Gasteiger charge is 2.54. The van der Waals surface area contributed by atoms with Gasteiger partial charge >= 0.3 is 0 Å². The minimum atomic E-state index is -0.0845. The Hall–Kier alpha value is -0.120. The summed E-state index contributed by atoms with van der Waals surface area (Å²) in [5.74, 6) is 0. The molecule has 0 aromatic rings. The molecule has 0 radical (unpaired) electrons. The Kier molecular flexibility index (Phi) is 1.87. The van der Waals surface area contributed by atoms with Crippen molar-refractivity contribution >= 4 is 0 Å². The van der Waals surface area contributed by atoms with Crippen molar-refractivity contribution in [1.29, 1.82) is 0 Å². The molecule has 1 aliphatic carbocycles. The lowest BCUT2D eigenvalue weighted by atomic mass is 10.3. The molecule has 0 aromatic heterocycles. The van der Waals surface area contributed by atoms with Gasteiger partial charge in [-0.15, -0.1) is 0 Å².